The van der Waals surface area contributed by atoms with Crippen molar-refractivity contribution in [3.05, 3.63) is 38.8 Å². The highest BCUT2D eigenvalue weighted by molar-refractivity contribution is 7.11. The van der Waals surface area contributed by atoms with Crippen molar-refractivity contribution in [1.29, 1.82) is 0 Å². The van der Waals surface area contributed by atoms with Gasteiger partial charge in [0.2, 0.25) is 0 Å². The maximum absolute atomic E-state index is 6.03. The van der Waals surface area contributed by atoms with Gasteiger partial charge in [-0.05, 0) is 39.0 Å². The third kappa shape index (κ3) is 3.19. The molecule has 0 aliphatic carbocycles. The van der Waals surface area contributed by atoms with E-state index in [-0.39, 0.29) is 6.04 Å². The van der Waals surface area contributed by atoms with E-state index in [2.05, 4.69) is 24.1 Å². The third-order valence-electron chi connectivity index (χ3n) is 2.88. The average Bonchev–Trinajstić information content (AvgIpc) is 2.69. The molecule has 0 fully saturated rings. The lowest BCUT2D eigenvalue weighted by Crippen LogP contribution is -2.09. The van der Waals surface area contributed by atoms with E-state index in [0.29, 0.717) is 5.02 Å². The van der Waals surface area contributed by atoms with E-state index in [1.54, 1.807) is 18.4 Å². The summed E-state index contributed by atoms with van der Waals surface area (Å²) in [4.78, 5) is 5.80. The van der Waals surface area contributed by atoms with Crippen molar-refractivity contribution in [2.75, 3.05) is 12.4 Å². The first-order chi connectivity index (χ1) is 9.01. The quantitative estimate of drug-likeness (QED) is 0.895. The lowest BCUT2D eigenvalue weighted by atomic mass is 10.2. The molecular weight excluding hydrogens is 280 g/mol. The van der Waals surface area contributed by atoms with Crippen LogP contribution in [0.3, 0.4) is 0 Å². The van der Waals surface area contributed by atoms with Gasteiger partial charge in [-0.25, -0.2) is 4.98 Å². The van der Waals surface area contributed by atoms with Crippen LogP contribution in [-0.4, -0.2) is 12.1 Å². The number of benzene rings is 1. The highest BCUT2D eigenvalue weighted by Crippen LogP contribution is 2.32. The second-order valence-electron chi connectivity index (χ2n) is 4.38. The molecule has 1 unspecified atom stereocenters. The van der Waals surface area contributed by atoms with Crippen LogP contribution in [0.25, 0.3) is 0 Å². The Hall–Kier alpha value is -1.26. The Bertz CT molecular complexity index is 583. The summed E-state index contributed by atoms with van der Waals surface area (Å²) in [5, 5.41) is 5.17. The summed E-state index contributed by atoms with van der Waals surface area (Å²) in [6, 6.07) is 5.65. The molecule has 0 amide bonds. The van der Waals surface area contributed by atoms with Gasteiger partial charge in [-0.3, -0.25) is 0 Å². The molecule has 3 nitrogen and oxygen atoms in total. The second kappa shape index (κ2) is 5.80. The van der Waals surface area contributed by atoms with Crippen molar-refractivity contribution in [2.45, 2.75) is 26.8 Å². The molecule has 0 spiro atoms. The number of methoxy groups -OCH3 is 1. The molecule has 2 aromatic rings. The van der Waals surface area contributed by atoms with Gasteiger partial charge in [-0.15, -0.1) is 11.3 Å². The Labute approximate surface area is 122 Å². The van der Waals surface area contributed by atoms with Crippen LogP contribution in [0.1, 0.15) is 28.5 Å². The highest BCUT2D eigenvalue weighted by atomic mass is 35.5. The summed E-state index contributed by atoms with van der Waals surface area (Å²) < 4.78 is 5.33. The van der Waals surface area contributed by atoms with Gasteiger partial charge in [0, 0.05) is 9.90 Å². The lowest BCUT2D eigenvalue weighted by molar-refractivity contribution is 0.416. The standard InChI is InChI=1S/C14H17ClN2OS/c1-8(14-9(2)19-10(3)17-14)16-12-7-11(15)5-6-13(12)18-4/h5-8,16H,1-4H3. The molecule has 1 atom stereocenters. The van der Waals surface area contributed by atoms with Gasteiger partial charge in [-0.2, -0.15) is 0 Å². The van der Waals surface area contributed by atoms with Crippen LogP contribution in [0.4, 0.5) is 5.69 Å². The number of nitrogens with zero attached hydrogens (tertiary/aromatic N) is 1. The van der Waals surface area contributed by atoms with Crippen molar-refractivity contribution in [3.63, 3.8) is 0 Å². The van der Waals surface area contributed by atoms with Crippen molar-refractivity contribution < 1.29 is 4.74 Å². The Morgan fingerprint density at radius 1 is 1.37 bits per heavy atom. The smallest absolute Gasteiger partial charge is 0.142 e. The zero-order chi connectivity index (χ0) is 14.0. The molecule has 1 aromatic carbocycles. The molecule has 19 heavy (non-hydrogen) atoms. The van der Waals surface area contributed by atoms with Crippen LogP contribution in [0, 0.1) is 13.8 Å². The largest absolute Gasteiger partial charge is 0.495 e. The fourth-order valence-electron chi connectivity index (χ4n) is 2.04. The molecule has 0 saturated carbocycles. The normalized spacial score (nSPS) is 12.3. The molecule has 1 heterocycles. The molecule has 1 aromatic heterocycles. The van der Waals surface area contributed by atoms with Gasteiger partial charge >= 0.3 is 0 Å². The minimum absolute atomic E-state index is 0.109. The van der Waals surface area contributed by atoms with Crippen molar-refractivity contribution in [2.24, 2.45) is 0 Å². The number of hydrogen-bond donors (Lipinski definition) is 1. The summed E-state index contributed by atoms with van der Waals surface area (Å²) in [6.45, 7) is 6.20. The topological polar surface area (TPSA) is 34.1 Å². The molecule has 0 radical (unpaired) electrons. The number of nitrogens with one attached hydrogen (secondary N) is 1. The number of anilines is 1. The van der Waals surface area contributed by atoms with E-state index in [1.165, 1.54) is 4.88 Å². The maximum Gasteiger partial charge on any atom is 0.142 e. The molecule has 0 aliphatic rings. The molecule has 0 bridgehead atoms. The van der Waals surface area contributed by atoms with E-state index >= 15 is 0 Å². The minimum atomic E-state index is 0.109. The molecule has 102 valence electrons. The summed E-state index contributed by atoms with van der Waals surface area (Å²) in [6.07, 6.45) is 0. The predicted molar refractivity (Wildman–Crippen MR) is 81.6 cm³/mol. The third-order valence-corrected chi connectivity index (χ3v) is 4.02. The molecule has 0 aliphatic heterocycles. The van der Waals surface area contributed by atoms with E-state index in [4.69, 9.17) is 16.3 Å². The van der Waals surface area contributed by atoms with E-state index in [1.807, 2.05) is 25.1 Å². The van der Waals surface area contributed by atoms with Crippen molar-refractivity contribution in [1.82, 2.24) is 4.98 Å². The van der Waals surface area contributed by atoms with Gasteiger partial charge in [0.25, 0.3) is 0 Å². The summed E-state index contributed by atoms with van der Waals surface area (Å²) >= 11 is 7.74. The number of thiazole rings is 1. The lowest BCUT2D eigenvalue weighted by Gasteiger charge is -2.17. The molecule has 0 saturated heterocycles. The zero-order valence-electron chi connectivity index (χ0n) is 11.5. The van der Waals surface area contributed by atoms with E-state index in [9.17, 15) is 0 Å². The fourth-order valence-corrected chi connectivity index (χ4v) is 3.13. The number of aromatic nitrogens is 1. The van der Waals surface area contributed by atoms with Gasteiger partial charge in [0.15, 0.2) is 0 Å². The maximum atomic E-state index is 6.03. The molecule has 1 N–H and O–H groups in total. The number of ether oxygens (including phenoxy) is 1. The Kier molecular flexibility index (Phi) is 4.32. The summed E-state index contributed by atoms with van der Waals surface area (Å²) in [5.41, 5.74) is 1.96. The molecule has 5 heteroatoms. The van der Waals surface area contributed by atoms with Gasteiger partial charge < -0.3 is 10.1 Å². The molecular formula is C14H17ClN2OS. The molecule has 2 rings (SSSR count). The van der Waals surface area contributed by atoms with E-state index in [0.717, 1.165) is 22.1 Å². The zero-order valence-corrected chi connectivity index (χ0v) is 13.0. The van der Waals surface area contributed by atoms with Crippen LogP contribution in [-0.2, 0) is 0 Å². The Morgan fingerprint density at radius 2 is 2.11 bits per heavy atom. The second-order valence-corrected chi connectivity index (χ2v) is 6.23. The average molecular weight is 297 g/mol. The number of hydrogen-bond acceptors (Lipinski definition) is 4. The van der Waals surface area contributed by atoms with Crippen LogP contribution < -0.4 is 10.1 Å². The minimum Gasteiger partial charge on any atom is -0.495 e. The number of halogens is 1. The van der Waals surface area contributed by atoms with Gasteiger partial charge in [-0.1, -0.05) is 11.6 Å². The Morgan fingerprint density at radius 3 is 2.68 bits per heavy atom. The predicted octanol–water partition coefficient (Wildman–Crippen LogP) is 4.60. The van der Waals surface area contributed by atoms with Crippen molar-refractivity contribution >= 4 is 28.6 Å². The highest BCUT2D eigenvalue weighted by Gasteiger charge is 2.15. The van der Waals surface area contributed by atoms with E-state index < -0.39 is 0 Å². The monoisotopic (exact) mass is 296 g/mol. The first kappa shape index (κ1) is 14.2. The first-order valence-electron chi connectivity index (χ1n) is 6.05. The van der Waals surface area contributed by atoms with Crippen LogP contribution in [0.15, 0.2) is 18.2 Å². The van der Waals surface area contributed by atoms with Gasteiger partial charge in [0.1, 0.15) is 5.75 Å². The number of rotatable bonds is 4. The fraction of sp³-hybridized carbons (Fsp3) is 0.357. The Balaban J connectivity index is 2.25. The SMILES string of the molecule is COc1ccc(Cl)cc1NC(C)c1nc(C)sc1C. The van der Waals surface area contributed by atoms with Crippen LogP contribution in [0.5, 0.6) is 5.75 Å². The summed E-state index contributed by atoms with van der Waals surface area (Å²) in [7, 11) is 1.65. The van der Waals surface area contributed by atoms with Crippen LogP contribution in [0.2, 0.25) is 5.02 Å². The van der Waals surface area contributed by atoms with Crippen molar-refractivity contribution in [3.8, 4) is 5.75 Å². The number of aryl methyl sites for hydroxylation is 2. The summed E-state index contributed by atoms with van der Waals surface area (Å²) in [5.74, 6) is 0.779. The first-order valence-corrected chi connectivity index (χ1v) is 7.24. The van der Waals surface area contributed by atoms with Crippen LogP contribution >= 0.6 is 22.9 Å². The van der Waals surface area contributed by atoms with Gasteiger partial charge in [0.05, 0.1) is 29.5 Å².